The summed E-state index contributed by atoms with van der Waals surface area (Å²) in [6.07, 6.45) is 5.61. The first-order chi connectivity index (χ1) is 22.0. The summed E-state index contributed by atoms with van der Waals surface area (Å²) >= 11 is 0. The van der Waals surface area contributed by atoms with Gasteiger partial charge in [0.25, 0.3) is 0 Å². The molecule has 0 N–H and O–H groups in total. The van der Waals surface area contributed by atoms with Gasteiger partial charge in [-0.05, 0) is 55.4 Å². The quantitative estimate of drug-likeness (QED) is 0.168. The van der Waals surface area contributed by atoms with Crippen LogP contribution in [0.4, 0.5) is 0 Å². The Morgan fingerprint density at radius 3 is 2.20 bits per heavy atom. The number of hydrogen-bond donors (Lipinski definition) is 0. The fourth-order valence-electron chi connectivity index (χ4n) is 5.63. The number of benzene rings is 4. The molecule has 0 aliphatic rings. The van der Waals surface area contributed by atoms with Crippen LogP contribution in [0.3, 0.4) is 0 Å². The number of hydrogen-bond acceptors (Lipinski definition) is 4. The topological polar surface area (TPSA) is 51.8 Å². The molecule has 8 aromatic rings. The summed E-state index contributed by atoms with van der Waals surface area (Å²) < 4.78 is 6.31. The minimum atomic E-state index is 0. The Kier molecular flexibility index (Phi) is 8.89. The van der Waals surface area contributed by atoms with E-state index >= 15 is 0 Å². The molecule has 4 aromatic carbocycles. The molecular weight excluding hydrogens is 743 g/mol. The molecule has 0 aliphatic carbocycles. The second kappa shape index (κ2) is 13.2. The SMILES string of the molecule is Cc1cc2c(ccc3c4cc[c-]c(-c5ccccn5)c4oc23)cn1.Cc1cnc(-c2[c-]cc(C)c(-c3ccccc3)c2)cc1C.[Ir]. The fraction of sp³-hybridized carbons (Fsp3) is 0.0976. The molecule has 0 saturated carbocycles. The van der Waals surface area contributed by atoms with Crippen molar-refractivity contribution in [3.63, 3.8) is 0 Å². The normalized spacial score (nSPS) is 10.9. The Bertz CT molecular complexity index is 2310. The summed E-state index contributed by atoms with van der Waals surface area (Å²) in [4.78, 5) is 13.4. The van der Waals surface area contributed by atoms with Crippen LogP contribution in [0.25, 0.3) is 66.4 Å². The third-order valence-corrected chi connectivity index (χ3v) is 8.25. The predicted octanol–water partition coefficient (Wildman–Crippen LogP) is 10.4. The van der Waals surface area contributed by atoms with Gasteiger partial charge in [-0.25, -0.2) is 0 Å². The zero-order chi connectivity index (χ0) is 30.9. The molecule has 0 bridgehead atoms. The molecule has 0 unspecified atom stereocenters. The molecule has 5 heteroatoms. The third-order valence-electron chi connectivity index (χ3n) is 8.25. The van der Waals surface area contributed by atoms with E-state index in [1.165, 1.54) is 27.8 Å². The van der Waals surface area contributed by atoms with Gasteiger partial charge in [-0.15, -0.1) is 47.5 Å². The molecule has 227 valence electrons. The monoisotopic (exact) mass is 774 g/mol. The van der Waals surface area contributed by atoms with Crippen LogP contribution in [0.2, 0.25) is 0 Å². The maximum absolute atomic E-state index is 6.31. The van der Waals surface area contributed by atoms with Crippen LogP contribution in [0.5, 0.6) is 0 Å². The molecule has 0 atom stereocenters. The number of nitrogens with zero attached hydrogens (tertiary/aromatic N) is 3. The Balaban J connectivity index is 0.000000160. The molecule has 4 aromatic heterocycles. The summed E-state index contributed by atoms with van der Waals surface area (Å²) in [5, 5.41) is 4.36. The van der Waals surface area contributed by atoms with Gasteiger partial charge in [0.05, 0.1) is 5.58 Å². The Morgan fingerprint density at radius 2 is 1.41 bits per heavy atom. The van der Waals surface area contributed by atoms with Crippen molar-refractivity contribution < 1.29 is 24.5 Å². The zero-order valence-corrected chi connectivity index (χ0v) is 28.4. The van der Waals surface area contributed by atoms with Crippen molar-refractivity contribution in [2.24, 2.45) is 0 Å². The predicted molar refractivity (Wildman–Crippen MR) is 184 cm³/mol. The second-order valence-corrected chi connectivity index (χ2v) is 11.4. The van der Waals surface area contributed by atoms with Gasteiger partial charge in [-0.3, -0.25) is 4.98 Å². The molecule has 0 spiro atoms. The van der Waals surface area contributed by atoms with E-state index in [-0.39, 0.29) is 20.1 Å². The fourth-order valence-corrected chi connectivity index (χ4v) is 5.63. The summed E-state index contributed by atoms with van der Waals surface area (Å²) in [6.45, 7) is 8.32. The van der Waals surface area contributed by atoms with Gasteiger partial charge in [-0.1, -0.05) is 89.7 Å². The number of furan rings is 1. The first-order valence-electron chi connectivity index (χ1n) is 15.0. The Hall–Kier alpha value is -4.96. The van der Waals surface area contributed by atoms with Crippen molar-refractivity contribution in [3.8, 4) is 33.6 Å². The maximum Gasteiger partial charge on any atom is 0.128 e. The molecule has 0 fully saturated rings. The number of fused-ring (bicyclic) bond motifs is 5. The largest absolute Gasteiger partial charge is 0.500 e. The Labute approximate surface area is 282 Å². The molecule has 0 saturated heterocycles. The third kappa shape index (κ3) is 6.00. The van der Waals surface area contributed by atoms with Crippen LogP contribution in [0, 0.1) is 39.8 Å². The van der Waals surface area contributed by atoms with Crippen LogP contribution in [0.15, 0.2) is 120 Å². The zero-order valence-electron chi connectivity index (χ0n) is 26.1. The maximum atomic E-state index is 6.31. The molecule has 4 nitrogen and oxygen atoms in total. The average Bonchev–Trinajstić information content (AvgIpc) is 3.47. The molecule has 8 rings (SSSR count). The van der Waals surface area contributed by atoms with E-state index < -0.39 is 0 Å². The van der Waals surface area contributed by atoms with E-state index in [0.29, 0.717) is 0 Å². The van der Waals surface area contributed by atoms with E-state index in [1.54, 1.807) is 6.20 Å². The van der Waals surface area contributed by atoms with Gasteiger partial charge in [0.1, 0.15) is 5.58 Å². The van der Waals surface area contributed by atoms with E-state index in [4.69, 9.17) is 4.42 Å². The van der Waals surface area contributed by atoms with Crippen molar-refractivity contribution in [2.75, 3.05) is 0 Å². The van der Waals surface area contributed by atoms with Gasteiger partial charge in [-0.2, -0.15) is 0 Å². The van der Waals surface area contributed by atoms with Crippen LogP contribution in [-0.4, -0.2) is 15.0 Å². The first kappa shape index (κ1) is 31.0. The smallest absolute Gasteiger partial charge is 0.128 e. The van der Waals surface area contributed by atoms with Crippen molar-refractivity contribution >= 4 is 32.7 Å². The average molecular weight is 774 g/mol. The van der Waals surface area contributed by atoms with E-state index in [0.717, 1.165) is 60.9 Å². The van der Waals surface area contributed by atoms with Crippen LogP contribution in [0.1, 0.15) is 22.4 Å². The minimum Gasteiger partial charge on any atom is -0.500 e. The van der Waals surface area contributed by atoms with Crippen molar-refractivity contribution in [1.82, 2.24) is 15.0 Å². The van der Waals surface area contributed by atoms with Crippen molar-refractivity contribution in [2.45, 2.75) is 27.7 Å². The van der Waals surface area contributed by atoms with Gasteiger partial charge in [0.2, 0.25) is 0 Å². The molecule has 46 heavy (non-hydrogen) atoms. The molecule has 1 radical (unpaired) electrons. The van der Waals surface area contributed by atoms with Crippen molar-refractivity contribution in [1.29, 1.82) is 0 Å². The number of pyridine rings is 3. The summed E-state index contributed by atoms with van der Waals surface area (Å²) in [7, 11) is 0. The molecule has 0 amide bonds. The van der Waals surface area contributed by atoms with Gasteiger partial charge in [0, 0.05) is 60.5 Å². The minimum absolute atomic E-state index is 0. The van der Waals surface area contributed by atoms with E-state index in [1.807, 2.05) is 55.7 Å². The number of aryl methyl sites for hydroxylation is 4. The van der Waals surface area contributed by atoms with Gasteiger partial charge in [0.15, 0.2) is 0 Å². The summed E-state index contributed by atoms with van der Waals surface area (Å²) in [6, 6.07) is 39.6. The van der Waals surface area contributed by atoms with Crippen LogP contribution in [-0.2, 0) is 20.1 Å². The number of rotatable bonds is 3. The molecular formula is C41H31IrN3O-2. The van der Waals surface area contributed by atoms with E-state index in [9.17, 15) is 0 Å². The Morgan fingerprint density at radius 1 is 0.609 bits per heavy atom. The van der Waals surface area contributed by atoms with Gasteiger partial charge < -0.3 is 14.4 Å². The molecule has 0 aliphatic heterocycles. The summed E-state index contributed by atoms with van der Waals surface area (Å²) in [5.74, 6) is 0. The molecule has 4 heterocycles. The van der Waals surface area contributed by atoms with Crippen molar-refractivity contribution in [3.05, 3.63) is 150 Å². The standard InChI is InChI=1S/C21H13N2O.C20H18N.Ir/c1-13-11-18-14(12-23-13)8-9-16-15-5-4-6-17(20(15)24-21(16)18)19-7-2-3-10-22-19;1-14-9-10-18(20-11-15(2)16(3)13-21-20)12-19(14)17-7-5-4-6-8-17;/h2-5,7-12H,1H3;4-9,11-13H,1-3H3;/q2*-1;. The second-order valence-electron chi connectivity index (χ2n) is 11.4. The summed E-state index contributed by atoms with van der Waals surface area (Å²) in [5.41, 5.74) is 12.7. The number of aromatic nitrogens is 3. The van der Waals surface area contributed by atoms with Crippen LogP contribution < -0.4 is 0 Å². The first-order valence-corrected chi connectivity index (χ1v) is 15.0. The van der Waals surface area contributed by atoms with E-state index in [2.05, 4.69) is 109 Å². The van der Waals surface area contributed by atoms with Gasteiger partial charge >= 0.3 is 0 Å². The van der Waals surface area contributed by atoms with Crippen LogP contribution >= 0.6 is 0 Å².